The number of amides is 1. The van der Waals surface area contributed by atoms with Crippen molar-refractivity contribution in [2.24, 2.45) is 0 Å². The van der Waals surface area contributed by atoms with Gasteiger partial charge in [0.05, 0.1) is 18.8 Å². The van der Waals surface area contributed by atoms with Crippen molar-refractivity contribution in [3.8, 4) is 0 Å². The Kier molecular flexibility index (Phi) is 33.7. The minimum atomic E-state index is -1.13. The number of hydrogen-bond acceptors (Lipinski definition) is 4. The van der Waals surface area contributed by atoms with Crippen molar-refractivity contribution in [2.45, 2.75) is 231 Å². The van der Waals surface area contributed by atoms with E-state index in [1.54, 1.807) is 0 Å². The minimum Gasteiger partial charge on any atom is -0.394 e. The maximum Gasteiger partial charge on any atom is 0.220 e. The van der Waals surface area contributed by atoms with Gasteiger partial charge in [-0.05, 0) is 12.8 Å². The van der Waals surface area contributed by atoms with Gasteiger partial charge in [-0.3, -0.25) is 4.79 Å². The van der Waals surface area contributed by atoms with Crippen molar-refractivity contribution in [3.63, 3.8) is 0 Å². The first-order valence-electron chi connectivity index (χ1n) is 19.3. The molecular weight excluding hydrogens is 534 g/mol. The molecule has 0 heterocycles. The number of carbonyl (C=O) groups is 1. The van der Waals surface area contributed by atoms with Crippen LogP contribution >= 0.6 is 0 Å². The van der Waals surface area contributed by atoms with Crippen LogP contribution in [0.5, 0.6) is 0 Å². The number of nitrogens with one attached hydrogen (secondary N) is 1. The fraction of sp³-hybridized carbons (Fsp3) is 0.974. The van der Waals surface area contributed by atoms with Crippen LogP contribution in [-0.2, 0) is 4.79 Å². The quantitative estimate of drug-likeness (QED) is 0.0537. The summed E-state index contributed by atoms with van der Waals surface area (Å²) in [5, 5.41) is 33.4. The van der Waals surface area contributed by atoms with Gasteiger partial charge in [0.25, 0.3) is 0 Å². The second-order valence-corrected chi connectivity index (χ2v) is 13.5. The van der Waals surface area contributed by atoms with Crippen molar-refractivity contribution in [1.82, 2.24) is 5.32 Å². The Morgan fingerprint density at radius 3 is 1.12 bits per heavy atom. The van der Waals surface area contributed by atoms with E-state index < -0.39 is 18.2 Å². The average Bonchev–Trinajstić information content (AvgIpc) is 3.01. The molecular formula is C38H77NO4. The molecule has 5 nitrogen and oxygen atoms in total. The number of rotatable bonds is 35. The van der Waals surface area contributed by atoms with Crippen LogP contribution < -0.4 is 5.32 Å². The van der Waals surface area contributed by atoms with E-state index >= 15 is 0 Å². The molecule has 0 saturated carbocycles. The summed E-state index contributed by atoms with van der Waals surface area (Å²) >= 11 is 0. The summed E-state index contributed by atoms with van der Waals surface area (Å²) in [7, 11) is 0. The SMILES string of the molecule is CCCCCCCCCCCCCCCCCCCC(=O)N[C@@H](CO)[C@H](O)C(O)CCCCCCCCCCCCCC. The second-order valence-electron chi connectivity index (χ2n) is 13.5. The van der Waals surface area contributed by atoms with Gasteiger partial charge in [0, 0.05) is 6.42 Å². The number of hydrogen-bond donors (Lipinski definition) is 4. The van der Waals surface area contributed by atoms with Gasteiger partial charge in [0.2, 0.25) is 5.91 Å². The summed E-state index contributed by atoms with van der Waals surface area (Å²) in [5.74, 6) is -0.142. The molecule has 0 radical (unpaired) electrons. The first kappa shape index (κ1) is 42.3. The van der Waals surface area contributed by atoms with Gasteiger partial charge in [0.1, 0.15) is 6.10 Å². The van der Waals surface area contributed by atoms with Gasteiger partial charge in [-0.25, -0.2) is 0 Å². The Morgan fingerprint density at radius 1 is 0.488 bits per heavy atom. The van der Waals surface area contributed by atoms with E-state index in [9.17, 15) is 20.1 Å². The summed E-state index contributed by atoms with van der Waals surface area (Å²) in [6.45, 7) is 4.17. The molecule has 0 saturated heterocycles. The Hall–Kier alpha value is -0.650. The summed E-state index contributed by atoms with van der Waals surface area (Å²) in [6.07, 6.45) is 36.2. The highest BCUT2D eigenvalue weighted by molar-refractivity contribution is 5.76. The van der Waals surface area contributed by atoms with Crippen LogP contribution in [0.25, 0.3) is 0 Å². The van der Waals surface area contributed by atoms with E-state index in [2.05, 4.69) is 19.2 Å². The Balaban J connectivity index is 3.62. The van der Waals surface area contributed by atoms with Crippen molar-refractivity contribution in [3.05, 3.63) is 0 Å². The Bertz CT molecular complexity index is 558. The predicted molar refractivity (Wildman–Crippen MR) is 186 cm³/mol. The molecule has 0 spiro atoms. The van der Waals surface area contributed by atoms with Gasteiger partial charge in [-0.15, -0.1) is 0 Å². The summed E-state index contributed by atoms with van der Waals surface area (Å²) < 4.78 is 0. The van der Waals surface area contributed by atoms with E-state index in [4.69, 9.17) is 0 Å². The van der Waals surface area contributed by atoms with Crippen molar-refractivity contribution in [2.75, 3.05) is 6.61 Å². The molecule has 0 aromatic carbocycles. The first-order chi connectivity index (χ1) is 21.1. The third kappa shape index (κ3) is 29.8. The molecule has 0 fully saturated rings. The van der Waals surface area contributed by atoms with Crippen LogP contribution in [-0.4, -0.2) is 46.1 Å². The highest BCUT2D eigenvalue weighted by Crippen LogP contribution is 2.16. The number of aliphatic hydroxyl groups excluding tert-OH is 3. The zero-order valence-electron chi connectivity index (χ0n) is 29.1. The van der Waals surface area contributed by atoms with Gasteiger partial charge >= 0.3 is 0 Å². The van der Waals surface area contributed by atoms with E-state index in [-0.39, 0.29) is 12.5 Å². The predicted octanol–water partition coefficient (Wildman–Crippen LogP) is 10.3. The van der Waals surface area contributed by atoms with Crippen molar-refractivity contribution >= 4 is 5.91 Å². The fourth-order valence-electron chi connectivity index (χ4n) is 6.16. The average molecular weight is 612 g/mol. The molecule has 1 unspecified atom stereocenters. The van der Waals surface area contributed by atoms with Crippen LogP contribution in [0.1, 0.15) is 213 Å². The lowest BCUT2D eigenvalue weighted by Crippen LogP contribution is -2.50. The van der Waals surface area contributed by atoms with Crippen molar-refractivity contribution in [1.29, 1.82) is 0 Å². The lowest BCUT2D eigenvalue weighted by Gasteiger charge is -2.26. The van der Waals surface area contributed by atoms with Crippen molar-refractivity contribution < 1.29 is 20.1 Å². The lowest BCUT2D eigenvalue weighted by molar-refractivity contribution is -0.124. The number of aliphatic hydroxyl groups is 3. The molecule has 5 heteroatoms. The third-order valence-electron chi connectivity index (χ3n) is 9.21. The van der Waals surface area contributed by atoms with Crippen LogP contribution in [0.2, 0.25) is 0 Å². The molecule has 258 valence electrons. The molecule has 0 rings (SSSR count). The van der Waals surface area contributed by atoms with Crippen LogP contribution in [0, 0.1) is 0 Å². The molecule has 0 aromatic heterocycles. The lowest BCUT2D eigenvalue weighted by atomic mass is 9.99. The largest absolute Gasteiger partial charge is 0.394 e. The molecule has 4 N–H and O–H groups in total. The molecule has 0 bridgehead atoms. The normalized spacial score (nSPS) is 13.7. The highest BCUT2D eigenvalue weighted by Gasteiger charge is 2.26. The summed E-state index contributed by atoms with van der Waals surface area (Å²) in [5.41, 5.74) is 0. The minimum absolute atomic E-state index is 0.142. The van der Waals surface area contributed by atoms with E-state index in [0.29, 0.717) is 12.8 Å². The topological polar surface area (TPSA) is 89.8 Å². The second kappa shape index (κ2) is 34.2. The fourth-order valence-corrected chi connectivity index (χ4v) is 6.16. The number of unbranched alkanes of at least 4 members (excludes halogenated alkanes) is 27. The van der Waals surface area contributed by atoms with Crippen LogP contribution in [0.4, 0.5) is 0 Å². The van der Waals surface area contributed by atoms with Gasteiger partial charge < -0.3 is 20.6 Å². The van der Waals surface area contributed by atoms with Gasteiger partial charge in [0.15, 0.2) is 0 Å². The Morgan fingerprint density at radius 2 is 0.791 bits per heavy atom. The smallest absolute Gasteiger partial charge is 0.220 e. The van der Waals surface area contributed by atoms with Crippen LogP contribution in [0.3, 0.4) is 0 Å². The molecule has 3 atom stereocenters. The summed E-state index contributed by atoms with van der Waals surface area (Å²) in [4.78, 5) is 12.4. The van der Waals surface area contributed by atoms with E-state index in [1.165, 1.54) is 148 Å². The highest BCUT2D eigenvalue weighted by atomic mass is 16.3. The first-order valence-corrected chi connectivity index (χ1v) is 19.3. The monoisotopic (exact) mass is 612 g/mol. The molecule has 1 amide bonds. The molecule has 0 aliphatic rings. The maximum absolute atomic E-state index is 12.4. The maximum atomic E-state index is 12.4. The summed E-state index contributed by atoms with van der Waals surface area (Å²) in [6, 6.07) is -0.800. The van der Waals surface area contributed by atoms with Gasteiger partial charge in [-0.1, -0.05) is 194 Å². The zero-order valence-corrected chi connectivity index (χ0v) is 29.1. The van der Waals surface area contributed by atoms with Gasteiger partial charge in [-0.2, -0.15) is 0 Å². The van der Waals surface area contributed by atoms with Crippen LogP contribution in [0.15, 0.2) is 0 Å². The molecule has 0 aromatic rings. The number of carbonyl (C=O) groups excluding carboxylic acids is 1. The zero-order chi connectivity index (χ0) is 31.6. The molecule has 0 aliphatic carbocycles. The third-order valence-corrected chi connectivity index (χ3v) is 9.21. The van der Waals surface area contributed by atoms with E-state index in [0.717, 1.165) is 38.5 Å². The standard InChI is InChI=1S/C38H77NO4/c1-3-5-7-9-11-13-15-17-18-19-20-21-23-25-27-29-31-33-37(42)39-35(34-40)38(43)36(41)32-30-28-26-24-22-16-14-12-10-8-6-4-2/h35-36,38,40-41,43H,3-34H2,1-2H3,(H,39,42)/t35-,36?,38-/m0/s1. The van der Waals surface area contributed by atoms with E-state index in [1.807, 2.05) is 0 Å². The molecule has 0 aliphatic heterocycles. The Labute approximate surface area is 268 Å². The molecule has 43 heavy (non-hydrogen) atoms.